The molecule has 4 unspecified atom stereocenters. The molecule has 3 rings (SSSR count). The molecule has 1 aromatic carbocycles. The summed E-state index contributed by atoms with van der Waals surface area (Å²) in [6.07, 6.45) is 2.93. The number of hydrogen-bond donors (Lipinski definition) is 1. The van der Waals surface area contributed by atoms with Gasteiger partial charge in [0.05, 0.1) is 17.7 Å². The number of morpholine rings is 1. The molecule has 1 aliphatic carbocycles. The Hall–Kier alpha value is -0.900. The average molecular weight is 288 g/mol. The third-order valence-corrected chi connectivity index (χ3v) is 5.35. The quantitative estimate of drug-likeness (QED) is 0.909. The van der Waals surface area contributed by atoms with E-state index in [9.17, 15) is 0 Å². The predicted molar refractivity (Wildman–Crippen MR) is 86.4 cm³/mol. The standard InChI is InChI=1S/C18H28N2O/c1-13-8-9-18(12-19,17-7-5-4-6-16(13)17)20-10-14(2)21-15(3)11-20/h4-7,13-15H,8-12,19H2,1-3H3. The topological polar surface area (TPSA) is 38.5 Å². The van der Waals surface area contributed by atoms with Crippen LogP contribution < -0.4 is 5.73 Å². The van der Waals surface area contributed by atoms with Gasteiger partial charge in [0.1, 0.15) is 0 Å². The number of nitrogens with zero attached hydrogens (tertiary/aromatic N) is 1. The second-order valence-corrected chi connectivity index (χ2v) is 6.92. The summed E-state index contributed by atoms with van der Waals surface area (Å²) in [7, 11) is 0. The zero-order valence-corrected chi connectivity index (χ0v) is 13.5. The van der Waals surface area contributed by atoms with Crippen molar-refractivity contribution >= 4 is 0 Å². The van der Waals surface area contributed by atoms with Gasteiger partial charge in [0.25, 0.3) is 0 Å². The molecule has 1 aromatic rings. The SMILES string of the molecule is CC1CN(C2(CN)CCC(C)c3ccccc32)CC(C)O1. The van der Waals surface area contributed by atoms with Crippen molar-refractivity contribution in [3.63, 3.8) is 0 Å². The normalized spacial score (nSPS) is 37.2. The summed E-state index contributed by atoms with van der Waals surface area (Å²) in [6, 6.07) is 8.90. The van der Waals surface area contributed by atoms with Crippen LogP contribution in [0.4, 0.5) is 0 Å². The van der Waals surface area contributed by atoms with Crippen molar-refractivity contribution in [3.8, 4) is 0 Å². The van der Waals surface area contributed by atoms with Crippen molar-refractivity contribution < 1.29 is 4.74 Å². The van der Waals surface area contributed by atoms with E-state index in [1.165, 1.54) is 17.5 Å². The maximum absolute atomic E-state index is 6.34. The molecule has 0 spiro atoms. The number of rotatable bonds is 2. The summed E-state index contributed by atoms with van der Waals surface area (Å²) in [5, 5.41) is 0. The molecule has 3 heteroatoms. The monoisotopic (exact) mass is 288 g/mol. The van der Waals surface area contributed by atoms with Gasteiger partial charge in [-0.05, 0) is 43.7 Å². The van der Waals surface area contributed by atoms with Crippen LogP contribution in [0.2, 0.25) is 0 Å². The van der Waals surface area contributed by atoms with Gasteiger partial charge in [0, 0.05) is 19.6 Å². The smallest absolute Gasteiger partial charge is 0.0678 e. The summed E-state index contributed by atoms with van der Waals surface area (Å²) < 4.78 is 5.92. The molecule has 1 aliphatic heterocycles. The average Bonchev–Trinajstić information content (AvgIpc) is 2.47. The number of benzene rings is 1. The lowest BCUT2D eigenvalue weighted by atomic mass is 9.71. The molecular formula is C18H28N2O. The zero-order chi connectivity index (χ0) is 15.0. The van der Waals surface area contributed by atoms with Crippen LogP contribution in [0.25, 0.3) is 0 Å². The summed E-state index contributed by atoms with van der Waals surface area (Å²) in [6.45, 7) is 9.32. The molecule has 3 nitrogen and oxygen atoms in total. The van der Waals surface area contributed by atoms with Gasteiger partial charge in [0.15, 0.2) is 0 Å². The molecule has 21 heavy (non-hydrogen) atoms. The highest BCUT2D eigenvalue weighted by Crippen LogP contribution is 2.45. The lowest BCUT2D eigenvalue weighted by molar-refractivity contribution is -0.106. The molecule has 0 radical (unpaired) electrons. The van der Waals surface area contributed by atoms with Crippen molar-refractivity contribution in [2.24, 2.45) is 5.73 Å². The molecule has 2 aliphatic rings. The van der Waals surface area contributed by atoms with E-state index >= 15 is 0 Å². The number of nitrogens with two attached hydrogens (primary N) is 1. The Bertz CT molecular complexity index is 494. The molecule has 0 saturated carbocycles. The van der Waals surface area contributed by atoms with Crippen molar-refractivity contribution in [1.29, 1.82) is 0 Å². The highest BCUT2D eigenvalue weighted by atomic mass is 16.5. The molecule has 0 amide bonds. The zero-order valence-electron chi connectivity index (χ0n) is 13.5. The van der Waals surface area contributed by atoms with Crippen molar-refractivity contribution in [3.05, 3.63) is 35.4 Å². The second kappa shape index (κ2) is 5.71. The van der Waals surface area contributed by atoms with Crippen LogP contribution in [0.1, 0.15) is 50.7 Å². The molecule has 4 atom stereocenters. The number of fused-ring (bicyclic) bond motifs is 1. The first-order valence-electron chi connectivity index (χ1n) is 8.27. The largest absolute Gasteiger partial charge is 0.373 e. The molecular weight excluding hydrogens is 260 g/mol. The van der Waals surface area contributed by atoms with E-state index in [2.05, 4.69) is 49.9 Å². The summed E-state index contributed by atoms with van der Waals surface area (Å²) in [5.74, 6) is 0.636. The highest BCUT2D eigenvalue weighted by Gasteiger charge is 2.44. The van der Waals surface area contributed by atoms with Crippen LogP contribution in [0.3, 0.4) is 0 Å². The Labute approximate surface area is 128 Å². The second-order valence-electron chi connectivity index (χ2n) is 6.92. The van der Waals surface area contributed by atoms with Gasteiger partial charge in [-0.25, -0.2) is 0 Å². The minimum Gasteiger partial charge on any atom is -0.373 e. The third kappa shape index (κ3) is 2.52. The van der Waals surface area contributed by atoms with E-state index in [0.29, 0.717) is 12.5 Å². The van der Waals surface area contributed by atoms with Gasteiger partial charge in [0.2, 0.25) is 0 Å². The first-order chi connectivity index (χ1) is 10.1. The van der Waals surface area contributed by atoms with E-state index in [0.717, 1.165) is 19.5 Å². The summed E-state index contributed by atoms with van der Waals surface area (Å²) >= 11 is 0. The molecule has 1 fully saturated rings. The Balaban J connectivity index is 2.02. The van der Waals surface area contributed by atoms with Crippen molar-refractivity contribution in [2.45, 2.75) is 57.3 Å². The molecule has 0 bridgehead atoms. The van der Waals surface area contributed by atoms with Crippen LogP contribution in [0.15, 0.2) is 24.3 Å². The van der Waals surface area contributed by atoms with Gasteiger partial charge in [-0.15, -0.1) is 0 Å². The van der Waals surface area contributed by atoms with Crippen LogP contribution in [0.5, 0.6) is 0 Å². The van der Waals surface area contributed by atoms with E-state index in [-0.39, 0.29) is 17.7 Å². The Morgan fingerprint density at radius 1 is 1.19 bits per heavy atom. The maximum atomic E-state index is 6.34. The first-order valence-corrected chi connectivity index (χ1v) is 8.27. The fourth-order valence-electron chi connectivity index (χ4n) is 4.29. The minimum atomic E-state index is -0.00456. The van der Waals surface area contributed by atoms with Gasteiger partial charge in [-0.3, -0.25) is 4.90 Å². The lowest BCUT2D eigenvalue weighted by Crippen LogP contribution is -2.59. The Morgan fingerprint density at radius 2 is 1.86 bits per heavy atom. The molecule has 1 saturated heterocycles. The van der Waals surface area contributed by atoms with Crippen molar-refractivity contribution in [2.75, 3.05) is 19.6 Å². The van der Waals surface area contributed by atoms with Gasteiger partial charge in [-0.2, -0.15) is 0 Å². The lowest BCUT2D eigenvalue weighted by Gasteiger charge is -2.51. The van der Waals surface area contributed by atoms with Crippen LogP contribution in [-0.4, -0.2) is 36.7 Å². The Morgan fingerprint density at radius 3 is 2.52 bits per heavy atom. The molecule has 116 valence electrons. The van der Waals surface area contributed by atoms with Gasteiger partial charge >= 0.3 is 0 Å². The van der Waals surface area contributed by atoms with Crippen LogP contribution in [-0.2, 0) is 10.3 Å². The molecule has 0 aromatic heterocycles. The van der Waals surface area contributed by atoms with Gasteiger partial charge in [-0.1, -0.05) is 31.2 Å². The van der Waals surface area contributed by atoms with E-state index in [4.69, 9.17) is 10.5 Å². The summed E-state index contributed by atoms with van der Waals surface area (Å²) in [5.41, 5.74) is 9.27. The van der Waals surface area contributed by atoms with E-state index < -0.39 is 0 Å². The fourth-order valence-corrected chi connectivity index (χ4v) is 4.29. The summed E-state index contributed by atoms with van der Waals surface area (Å²) in [4.78, 5) is 2.59. The van der Waals surface area contributed by atoms with Crippen LogP contribution in [0, 0.1) is 0 Å². The van der Waals surface area contributed by atoms with E-state index in [1.807, 2.05) is 0 Å². The number of ether oxygens (including phenoxy) is 1. The Kier molecular flexibility index (Phi) is 4.08. The molecule has 1 heterocycles. The third-order valence-electron chi connectivity index (χ3n) is 5.35. The van der Waals surface area contributed by atoms with Crippen molar-refractivity contribution in [1.82, 2.24) is 4.90 Å². The highest BCUT2D eigenvalue weighted by molar-refractivity contribution is 5.39. The first kappa shape index (κ1) is 15.0. The predicted octanol–water partition coefficient (Wildman–Crippen LogP) is 2.85. The van der Waals surface area contributed by atoms with E-state index in [1.54, 1.807) is 0 Å². The number of hydrogen-bond acceptors (Lipinski definition) is 3. The van der Waals surface area contributed by atoms with Gasteiger partial charge < -0.3 is 10.5 Å². The fraction of sp³-hybridized carbons (Fsp3) is 0.667. The molecule has 2 N–H and O–H groups in total. The maximum Gasteiger partial charge on any atom is 0.0678 e. The van der Waals surface area contributed by atoms with Crippen LogP contribution >= 0.6 is 0 Å². The minimum absolute atomic E-state index is 0.00456.